The molecule has 5 saturated carbocycles. The Labute approximate surface area is 124 Å². The van der Waals surface area contributed by atoms with Crippen LogP contribution in [0.25, 0.3) is 0 Å². The second-order valence-corrected chi connectivity index (χ2v) is 9.53. The van der Waals surface area contributed by atoms with Crippen LogP contribution in [0.1, 0.15) is 64.2 Å². The van der Waals surface area contributed by atoms with Gasteiger partial charge in [-0.15, -0.1) is 0 Å². The number of halogens is 1. The highest BCUT2D eigenvalue weighted by atomic mass is 79.9. The molecule has 2 unspecified atom stereocenters. The lowest BCUT2D eigenvalue weighted by Gasteiger charge is -2.59. The first-order valence-corrected chi connectivity index (χ1v) is 8.86. The number of amides is 1. The van der Waals surface area contributed by atoms with E-state index in [1.54, 1.807) is 0 Å². The molecule has 0 aromatic carbocycles. The Morgan fingerprint density at radius 1 is 1.05 bits per heavy atom. The van der Waals surface area contributed by atoms with Crippen molar-refractivity contribution in [3.8, 4) is 0 Å². The molecule has 0 heterocycles. The van der Waals surface area contributed by atoms with Crippen LogP contribution in [0.5, 0.6) is 0 Å². The van der Waals surface area contributed by atoms with Crippen LogP contribution < -0.4 is 5.32 Å². The van der Waals surface area contributed by atoms with E-state index in [0.29, 0.717) is 16.3 Å². The summed E-state index contributed by atoms with van der Waals surface area (Å²) in [4.78, 5) is 12.9. The van der Waals surface area contributed by atoms with Crippen molar-refractivity contribution in [3.63, 3.8) is 0 Å². The Balaban J connectivity index is 1.54. The van der Waals surface area contributed by atoms with Crippen LogP contribution >= 0.6 is 15.9 Å². The molecule has 0 aromatic heterocycles. The third-order valence-corrected chi connectivity index (χ3v) is 7.09. The smallest absolute Gasteiger partial charge is 0.226 e. The van der Waals surface area contributed by atoms with Gasteiger partial charge in [-0.2, -0.15) is 0 Å². The van der Waals surface area contributed by atoms with E-state index in [2.05, 4.69) is 21.2 Å². The second-order valence-electron chi connectivity index (χ2n) is 7.85. The van der Waals surface area contributed by atoms with Crippen molar-refractivity contribution in [1.29, 1.82) is 0 Å². The van der Waals surface area contributed by atoms with Crippen LogP contribution in [0, 0.1) is 17.3 Å². The average molecular weight is 326 g/mol. The summed E-state index contributed by atoms with van der Waals surface area (Å²) in [6, 6.07) is 0.479. The van der Waals surface area contributed by atoms with E-state index in [4.69, 9.17) is 0 Å². The van der Waals surface area contributed by atoms with E-state index in [1.165, 1.54) is 44.9 Å². The first-order chi connectivity index (χ1) is 9.07. The molecular weight excluding hydrogens is 302 g/mol. The minimum absolute atomic E-state index is 0.0177. The summed E-state index contributed by atoms with van der Waals surface area (Å²) >= 11 is 3.99. The van der Waals surface area contributed by atoms with Crippen molar-refractivity contribution < 1.29 is 4.79 Å². The molecule has 5 aliphatic carbocycles. The summed E-state index contributed by atoms with van der Waals surface area (Å²) < 4.78 is 0.296. The third kappa shape index (κ3) is 2.07. The first kappa shape index (κ1) is 12.7. The lowest BCUT2D eigenvalue weighted by molar-refractivity contribution is -0.144. The maximum atomic E-state index is 12.9. The second kappa shape index (κ2) is 4.22. The summed E-state index contributed by atoms with van der Waals surface area (Å²) in [6.45, 7) is 0. The van der Waals surface area contributed by atoms with Crippen molar-refractivity contribution in [2.24, 2.45) is 17.3 Å². The van der Waals surface area contributed by atoms with Crippen LogP contribution in [0.3, 0.4) is 0 Å². The number of rotatable bonds is 2. The van der Waals surface area contributed by atoms with Gasteiger partial charge in [0.1, 0.15) is 0 Å². The zero-order valence-corrected chi connectivity index (χ0v) is 13.2. The molecule has 1 N–H and O–H groups in total. The number of hydrogen-bond acceptors (Lipinski definition) is 1. The van der Waals surface area contributed by atoms with E-state index >= 15 is 0 Å². The Bertz CT molecular complexity index is 388. The largest absolute Gasteiger partial charge is 0.353 e. The molecule has 0 saturated heterocycles. The van der Waals surface area contributed by atoms with Gasteiger partial charge in [-0.25, -0.2) is 0 Å². The van der Waals surface area contributed by atoms with Gasteiger partial charge >= 0.3 is 0 Å². The van der Waals surface area contributed by atoms with Gasteiger partial charge in [0.25, 0.3) is 0 Å². The highest BCUT2D eigenvalue weighted by Crippen LogP contribution is 2.64. The zero-order valence-electron chi connectivity index (χ0n) is 11.6. The van der Waals surface area contributed by atoms with Gasteiger partial charge in [0.2, 0.25) is 5.91 Å². The van der Waals surface area contributed by atoms with Crippen LogP contribution in [0.4, 0.5) is 0 Å². The number of nitrogens with one attached hydrogen (secondary N) is 1. The van der Waals surface area contributed by atoms with Gasteiger partial charge in [0.05, 0.1) is 5.41 Å². The van der Waals surface area contributed by atoms with Crippen LogP contribution in [-0.4, -0.2) is 16.3 Å². The summed E-state index contributed by atoms with van der Waals surface area (Å²) in [6.07, 6.45) is 12.4. The Morgan fingerprint density at radius 2 is 1.68 bits per heavy atom. The van der Waals surface area contributed by atoms with E-state index in [9.17, 15) is 4.79 Å². The molecule has 5 fully saturated rings. The van der Waals surface area contributed by atoms with Crippen LogP contribution in [0.15, 0.2) is 0 Å². The average Bonchev–Trinajstić information content (AvgIpc) is 2.78. The summed E-state index contributed by atoms with van der Waals surface area (Å²) in [7, 11) is 0. The number of carbonyl (C=O) groups is 1. The summed E-state index contributed by atoms with van der Waals surface area (Å²) in [5.41, 5.74) is -0.0177. The topological polar surface area (TPSA) is 29.1 Å². The standard InChI is InChI=1S/C16H24BrNO/c17-16-8-11-5-12(9-16)7-15(6-11,10-16)14(19)18-13-3-1-2-4-13/h11-13H,1-10H2,(H,18,19). The molecule has 3 heteroatoms. The van der Waals surface area contributed by atoms with Gasteiger partial charge in [-0.05, 0) is 63.2 Å². The van der Waals surface area contributed by atoms with Crippen molar-refractivity contribution in [2.75, 3.05) is 0 Å². The molecule has 0 radical (unpaired) electrons. The van der Waals surface area contributed by atoms with Crippen molar-refractivity contribution in [3.05, 3.63) is 0 Å². The molecule has 2 nitrogen and oxygen atoms in total. The highest BCUT2D eigenvalue weighted by Gasteiger charge is 2.59. The fraction of sp³-hybridized carbons (Fsp3) is 0.938. The lowest BCUT2D eigenvalue weighted by Crippen LogP contribution is -2.59. The monoisotopic (exact) mass is 325 g/mol. The van der Waals surface area contributed by atoms with Crippen molar-refractivity contribution in [2.45, 2.75) is 74.6 Å². The van der Waals surface area contributed by atoms with E-state index < -0.39 is 0 Å². The van der Waals surface area contributed by atoms with Gasteiger partial charge in [0, 0.05) is 10.4 Å². The van der Waals surface area contributed by atoms with E-state index in [1.807, 2.05) is 0 Å². The SMILES string of the molecule is O=C(NC1CCCC1)C12CC3CC(CC(Br)(C3)C1)C2. The third-order valence-electron chi connectivity index (χ3n) is 6.16. The Hall–Kier alpha value is -0.0500. The number of carbonyl (C=O) groups excluding carboxylic acids is 1. The minimum atomic E-state index is -0.0177. The van der Waals surface area contributed by atoms with Gasteiger partial charge in [0.15, 0.2) is 0 Å². The predicted molar refractivity (Wildman–Crippen MR) is 79.2 cm³/mol. The Kier molecular flexibility index (Phi) is 2.82. The maximum absolute atomic E-state index is 12.9. The maximum Gasteiger partial charge on any atom is 0.226 e. The van der Waals surface area contributed by atoms with Gasteiger partial charge in [-0.1, -0.05) is 28.8 Å². The summed E-state index contributed by atoms with van der Waals surface area (Å²) in [5, 5.41) is 3.39. The zero-order chi connectivity index (χ0) is 13.1. The number of hydrogen-bond donors (Lipinski definition) is 1. The molecule has 5 rings (SSSR count). The van der Waals surface area contributed by atoms with Crippen molar-refractivity contribution >= 4 is 21.8 Å². The fourth-order valence-electron chi connectivity index (χ4n) is 5.83. The molecule has 5 aliphatic rings. The molecule has 0 aliphatic heterocycles. The highest BCUT2D eigenvalue weighted by molar-refractivity contribution is 9.10. The summed E-state index contributed by atoms with van der Waals surface area (Å²) in [5.74, 6) is 2.00. The van der Waals surface area contributed by atoms with Crippen LogP contribution in [0.2, 0.25) is 0 Å². The predicted octanol–water partition coefficient (Wildman–Crippen LogP) is 3.78. The number of alkyl halides is 1. The van der Waals surface area contributed by atoms with Gasteiger partial charge < -0.3 is 5.32 Å². The molecule has 0 aromatic rings. The molecule has 4 bridgehead atoms. The fourth-order valence-corrected chi connectivity index (χ4v) is 7.28. The molecular formula is C16H24BrNO. The van der Waals surface area contributed by atoms with Crippen LogP contribution in [-0.2, 0) is 4.79 Å². The molecule has 0 spiro atoms. The first-order valence-electron chi connectivity index (χ1n) is 8.07. The quantitative estimate of drug-likeness (QED) is 0.769. The van der Waals surface area contributed by atoms with Crippen molar-refractivity contribution in [1.82, 2.24) is 5.32 Å². The Morgan fingerprint density at radius 3 is 2.26 bits per heavy atom. The van der Waals surface area contributed by atoms with E-state index in [-0.39, 0.29) is 5.41 Å². The minimum Gasteiger partial charge on any atom is -0.353 e. The van der Waals surface area contributed by atoms with Gasteiger partial charge in [-0.3, -0.25) is 4.79 Å². The molecule has 1 amide bonds. The molecule has 2 atom stereocenters. The molecule has 106 valence electrons. The normalized spacial score (nSPS) is 48.7. The molecule has 19 heavy (non-hydrogen) atoms. The van der Waals surface area contributed by atoms with E-state index in [0.717, 1.165) is 31.1 Å². The lowest BCUT2D eigenvalue weighted by atomic mass is 9.49.